The van der Waals surface area contributed by atoms with Crippen LogP contribution in [0.25, 0.3) is 0 Å². The molecule has 2 aromatic rings. The van der Waals surface area contributed by atoms with Crippen molar-refractivity contribution in [2.75, 3.05) is 6.54 Å². The van der Waals surface area contributed by atoms with Crippen molar-refractivity contribution in [1.29, 1.82) is 0 Å². The summed E-state index contributed by atoms with van der Waals surface area (Å²) in [5.74, 6) is 1.94. The summed E-state index contributed by atoms with van der Waals surface area (Å²) in [5.41, 5.74) is 0.519. The highest BCUT2D eigenvalue weighted by molar-refractivity contribution is 5.16. The molecule has 1 N–H and O–H groups in total. The number of nitrogens with zero attached hydrogens (tertiary/aromatic N) is 2. The van der Waals surface area contributed by atoms with E-state index in [1.807, 2.05) is 31.6 Å². The molecule has 1 unspecified atom stereocenters. The van der Waals surface area contributed by atoms with Crippen molar-refractivity contribution in [2.45, 2.75) is 38.6 Å². The molecular weight excluding hydrogens is 250 g/mol. The number of furan rings is 1. The topological polar surface area (TPSA) is 43.0 Å². The summed E-state index contributed by atoms with van der Waals surface area (Å²) in [4.78, 5) is 4.48. The van der Waals surface area contributed by atoms with Gasteiger partial charge >= 0.3 is 0 Å². The molecule has 1 saturated carbocycles. The van der Waals surface area contributed by atoms with Gasteiger partial charge in [-0.2, -0.15) is 0 Å². The van der Waals surface area contributed by atoms with Gasteiger partial charge in [0.1, 0.15) is 17.6 Å². The van der Waals surface area contributed by atoms with Gasteiger partial charge in [-0.3, -0.25) is 0 Å². The van der Waals surface area contributed by atoms with Crippen LogP contribution < -0.4 is 5.32 Å². The number of hydrogen-bond donors (Lipinski definition) is 1. The lowest BCUT2D eigenvalue weighted by Gasteiger charge is -2.21. The van der Waals surface area contributed by atoms with E-state index in [1.54, 1.807) is 6.26 Å². The van der Waals surface area contributed by atoms with Crippen molar-refractivity contribution in [3.63, 3.8) is 0 Å². The predicted octanol–water partition coefficient (Wildman–Crippen LogP) is 3.27. The van der Waals surface area contributed by atoms with Crippen molar-refractivity contribution in [1.82, 2.24) is 14.9 Å². The normalized spacial score (nSPS) is 18.1. The van der Waals surface area contributed by atoms with Crippen molar-refractivity contribution >= 4 is 0 Å². The second kappa shape index (κ2) is 5.44. The Morgan fingerprint density at radius 2 is 2.35 bits per heavy atom. The molecule has 1 fully saturated rings. The fourth-order valence-corrected chi connectivity index (χ4v) is 2.97. The zero-order chi connectivity index (χ0) is 14.0. The second-order valence-electron chi connectivity index (χ2n) is 5.98. The first-order valence-electron chi connectivity index (χ1n) is 7.48. The number of nitrogens with one attached hydrogen (secondary N) is 1. The molecule has 108 valence electrons. The van der Waals surface area contributed by atoms with Gasteiger partial charge in [-0.05, 0) is 36.8 Å². The summed E-state index contributed by atoms with van der Waals surface area (Å²) in [6, 6.07) is 4.00. The lowest BCUT2D eigenvalue weighted by molar-refractivity contribution is 0.367. The Morgan fingerprint density at radius 3 is 2.90 bits per heavy atom. The standard InChI is InChI=1S/C16H23N3O/c1-3-6-16(7-8-16)12-18-14(13-5-4-11-20-13)15-17-9-10-19(15)2/h4-5,9-11,14,18H,3,6-8,12H2,1-2H3. The number of rotatable bonds is 7. The average molecular weight is 273 g/mol. The van der Waals surface area contributed by atoms with E-state index >= 15 is 0 Å². The monoisotopic (exact) mass is 273 g/mol. The highest BCUT2D eigenvalue weighted by Crippen LogP contribution is 2.49. The Bertz CT molecular complexity index is 540. The van der Waals surface area contributed by atoms with E-state index in [9.17, 15) is 0 Å². The quantitative estimate of drug-likeness (QED) is 0.842. The summed E-state index contributed by atoms with van der Waals surface area (Å²) < 4.78 is 7.66. The number of aryl methyl sites for hydroxylation is 1. The molecule has 0 saturated heterocycles. The van der Waals surface area contributed by atoms with E-state index in [0.717, 1.165) is 18.1 Å². The predicted molar refractivity (Wildman–Crippen MR) is 78.3 cm³/mol. The first-order chi connectivity index (χ1) is 9.74. The summed E-state index contributed by atoms with van der Waals surface area (Å²) >= 11 is 0. The van der Waals surface area contributed by atoms with Gasteiger partial charge in [0.2, 0.25) is 0 Å². The molecule has 3 rings (SSSR count). The van der Waals surface area contributed by atoms with Gasteiger partial charge in [0.25, 0.3) is 0 Å². The Labute approximate surface area is 120 Å². The molecular formula is C16H23N3O. The van der Waals surface area contributed by atoms with E-state index in [1.165, 1.54) is 25.7 Å². The summed E-state index contributed by atoms with van der Waals surface area (Å²) in [6.07, 6.45) is 10.8. The highest BCUT2D eigenvalue weighted by atomic mass is 16.3. The van der Waals surface area contributed by atoms with Gasteiger partial charge in [0, 0.05) is 26.0 Å². The Kier molecular flexibility index (Phi) is 3.66. The molecule has 2 heterocycles. The maximum atomic E-state index is 5.60. The molecule has 0 aliphatic heterocycles. The Hall–Kier alpha value is -1.55. The van der Waals surface area contributed by atoms with E-state index in [4.69, 9.17) is 4.42 Å². The van der Waals surface area contributed by atoms with Gasteiger partial charge in [0.15, 0.2) is 0 Å². The minimum absolute atomic E-state index is 0.0410. The third-order valence-electron chi connectivity index (χ3n) is 4.36. The zero-order valence-corrected chi connectivity index (χ0v) is 12.3. The molecule has 1 aliphatic carbocycles. The van der Waals surface area contributed by atoms with Crippen LogP contribution in [0.3, 0.4) is 0 Å². The molecule has 1 atom stereocenters. The molecule has 0 spiro atoms. The fourth-order valence-electron chi connectivity index (χ4n) is 2.97. The van der Waals surface area contributed by atoms with Crippen LogP contribution >= 0.6 is 0 Å². The van der Waals surface area contributed by atoms with Crippen LogP contribution in [0.2, 0.25) is 0 Å². The third-order valence-corrected chi connectivity index (χ3v) is 4.36. The van der Waals surface area contributed by atoms with Crippen LogP contribution in [0.1, 0.15) is 50.2 Å². The minimum atomic E-state index is 0.0410. The smallest absolute Gasteiger partial charge is 0.133 e. The van der Waals surface area contributed by atoms with Gasteiger partial charge in [-0.25, -0.2) is 4.98 Å². The maximum absolute atomic E-state index is 5.60. The molecule has 4 nitrogen and oxygen atoms in total. The van der Waals surface area contributed by atoms with Crippen molar-refractivity contribution < 1.29 is 4.42 Å². The Morgan fingerprint density at radius 1 is 1.50 bits per heavy atom. The lowest BCUT2D eigenvalue weighted by Crippen LogP contribution is -2.30. The van der Waals surface area contributed by atoms with Crippen LogP contribution in [-0.2, 0) is 7.05 Å². The van der Waals surface area contributed by atoms with Crippen LogP contribution in [0.5, 0.6) is 0 Å². The van der Waals surface area contributed by atoms with E-state index in [0.29, 0.717) is 5.41 Å². The lowest BCUT2D eigenvalue weighted by atomic mass is 10.00. The highest BCUT2D eigenvalue weighted by Gasteiger charge is 2.41. The Balaban J connectivity index is 1.75. The average Bonchev–Trinajstić information content (AvgIpc) is 2.86. The number of aromatic nitrogens is 2. The van der Waals surface area contributed by atoms with Gasteiger partial charge in [0.05, 0.1) is 6.26 Å². The summed E-state index contributed by atoms with van der Waals surface area (Å²) in [7, 11) is 2.03. The van der Waals surface area contributed by atoms with Gasteiger partial charge in [-0.15, -0.1) is 0 Å². The molecule has 1 aliphatic rings. The van der Waals surface area contributed by atoms with Crippen molar-refractivity contribution in [3.05, 3.63) is 42.4 Å². The molecule has 0 amide bonds. The van der Waals surface area contributed by atoms with E-state index in [2.05, 4.69) is 21.8 Å². The molecule has 20 heavy (non-hydrogen) atoms. The van der Waals surface area contributed by atoms with Crippen molar-refractivity contribution in [3.8, 4) is 0 Å². The zero-order valence-electron chi connectivity index (χ0n) is 12.3. The first-order valence-corrected chi connectivity index (χ1v) is 7.48. The maximum Gasteiger partial charge on any atom is 0.133 e. The number of imidazole rings is 1. The molecule has 0 bridgehead atoms. The van der Waals surface area contributed by atoms with Crippen LogP contribution in [0, 0.1) is 5.41 Å². The minimum Gasteiger partial charge on any atom is -0.467 e. The fraction of sp³-hybridized carbons (Fsp3) is 0.562. The third kappa shape index (κ3) is 2.66. The second-order valence-corrected chi connectivity index (χ2v) is 5.98. The van der Waals surface area contributed by atoms with Crippen LogP contribution in [0.15, 0.2) is 35.2 Å². The van der Waals surface area contributed by atoms with Gasteiger partial charge in [-0.1, -0.05) is 13.3 Å². The molecule has 4 heteroatoms. The molecule has 2 aromatic heterocycles. The van der Waals surface area contributed by atoms with E-state index < -0.39 is 0 Å². The molecule has 0 aromatic carbocycles. The number of hydrogen-bond acceptors (Lipinski definition) is 3. The molecule has 0 radical (unpaired) electrons. The largest absolute Gasteiger partial charge is 0.467 e. The van der Waals surface area contributed by atoms with Crippen LogP contribution in [-0.4, -0.2) is 16.1 Å². The van der Waals surface area contributed by atoms with Crippen LogP contribution in [0.4, 0.5) is 0 Å². The van der Waals surface area contributed by atoms with E-state index in [-0.39, 0.29) is 6.04 Å². The summed E-state index contributed by atoms with van der Waals surface area (Å²) in [6.45, 7) is 3.31. The first kappa shape index (κ1) is 13.4. The van der Waals surface area contributed by atoms with Crippen molar-refractivity contribution in [2.24, 2.45) is 12.5 Å². The summed E-state index contributed by atoms with van der Waals surface area (Å²) in [5, 5.41) is 3.68. The van der Waals surface area contributed by atoms with Gasteiger partial charge < -0.3 is 14.3 Å². The SMILES string of the molecule is CCCC1(CNC(c2ccco2)c2nccn2C)CC1.